The number of aromatic carboxylic acids is 2. The molecule has 0 unspecified atom stereocenters. The van der Waals surface area contributed by atoms with Gasteiger partial charge in [-0.15, -0.1) is 0 Å². The van der Waals surface area contributed by atoms with E-state index in [1.54, 1.807) is 56.0 Å². The number of carboxylic acid groups (broad SMARTS) is 2. The maximum Gasteiger partial charge on any atom is 0.337 e. The van der Waals surface area contributed by atoms with Gasteiger partial charge in [0.05, 0.1) is 11.1 Å². The summed E-state index contributed by atoms with van der Waals surface area (Å²) in [5, 5.41) is 19.1. The molecular weight excluding hydrogens is 328 g/mol. The third-order valence-electron chi connectivity index (χ3n) is 5.84. The number of carbonyl (C=O) groups is 2. The topological polar surface area (TPSA) is 74.6 Å². The molecule has 2 aliphatic carbocycles. The van der Waals surface area contributed by atoms with Crippen LogP contribution in [0, 0.1) is 11.8 Å². The Hall–Kier alpha value is -2.36. The van der Waals surface area contributed by atoms with Crippen LogP contribution in [0.1, 0.15) is 72.1 Å². The highest BCUT2D eigenvalue weighted by molar-refractivity contribution is 6.11. The second kappa shape index (κ2) is 8.35. The first kappa shape index (κ1) is 18.4. The molecule has 2 N–H and O–H groups in total. The molecular formula is C22H26O4. The van der Waals surface area contributed by atoms with Crippen LogP contribution in [0.2, 0.25) is 0 Å². The largest absolute Gasteiger partial charge is 0.478 e. The third kappa shape index (κ3) is 4.06. The second-order valence-electron chi connectivity index (χ2n) is 7.41. The van der Waals surface area contributed by atoms with Crippen molar-refractivity contribution >= 4 is 22.7 Å². The fraction of sp³-hybridized carbons (Fsp3) is 0.455. The van der Waals surface area contributed by atoms with E-state index in [1.807, 2.05) is 0 Å². The summed E-state index contributed by atoms with van der Waals surface area (Å²) in [5.41, 5.74) is -0.350. The van der Waals surface area contributed by atoms with E-state index in [4.69, 9.17) is 10.2 Å². The van der Waals surface area contributed by atoms with Gasteiger partial charge in [-0.05, 0) is 28.7 Å². The summed E-state index contributed by atoms with van der Waals surface area (Å²) in [7, 11) is 0. The van der Waals surface area contributed by atoms with Crippen molar-refractivity contribution in [3.63, 3.8) is 0 Å². The molecule has 4 rings (SSSR count). The van der Waals surface area contributed by atoms with E-state index in [1.165, 1.54) is 31.7 Å². The van der Waals surface area contributed by atoms with Crippen LogP contribution in [0.4, 0.5) is 0 Å². The van der Waals surface area contributed by atoms with Crippen LogP contribution in [-0.2, 0) is 0 Å². The van der Waals surface area contributed by atoms with Crippen LogP contribution in [-0.4, -0.2) is 22.2 Å². The molecule has 0 aromatic heterocycles. The number of fused-ring (bicyclic) bond motifs is 2. The van der Waals surface area contributed by atoms with Gasteiger partial charge in [-0.1, -0.05) is 81.7 Å². The van der Waals surface area contributed by atoms with E-state index in [-0.39, 0.29) is 11.1 Å². The van der Waals surface area contributed by atoms with Gasteiger partial charge in [0.2, 0.25) is 0 Å². The molecule has 0 radical (unpaired) electrons. The zero-order valence-electron chi connectivity index (χ0n) is 15.0. The Balaban J connectivity index is 0.000000167. The molecule has 0 atom stereocenters. The highest BCUT2D eigenvalue weighted by Gasteiger charge is 2.26. The van der Waals surface area contributed by atoms with Crippen LogP contribution in [0.5, 0.6) is 0 Å². The van der Waals surface area contributed by atoms with Crippen molar-refractivity contribution < 1.29 is 19.8 Å². The summed E-state index contributed by atoms with van der Waals surface area (Å²) in [6.07, 6.45) is 12.4. The lowest BCUT2D eigenvalue weighted by Crippen LogP contribution is -2.22. The zero-order chi connectivity index (χ0) is 18.5. The van der Waals surface area contributed by atoms with Crippen molar-refractivity contribution in [3.8, 4) is 0 Å². The molecule has 2 saturated carbocycles. The van der Waals surface area contributed by atoms with Gasteiger partial charge < -0.3 is 10.2 Å². The minimum Gasteiger partial charge on any atom is -0.478 e. The van der Waals surface area contributed by atoms with E-state index in [2.05, 4.69) is 0 Å². The van der Waals surface area contributed by atoms with Crippen LogP contribution in [0.3, 0.4) is 0 Å². The lowest BCUT2D eigenvalue weighted by atomic mass is 9.71. The number of hydrogen-bond acceptors (Lipinski definition) is 2. The van der Waals surface area contributed by atoms with Crippen LogP contribution < -0.4 is 0 Å². The molecule has 2 aromatic carbocycles. The fourth-order valence-electron chi connectivity index (χ4n) is 4.54. The van der Waals surface area contributed by atoms with Gasteiger partial charge >= 0.3 is 11.9 Å². The predicted octanol–water partition coefficient (Wildman–Crippen LogP) is 5.60. The number of hydrogen-bond donors (Lipinski definition) is 2. The van der Waals surface area contributed by atoms with E-state index >= 15 is 0 Å². The molecule has 0 aliphatic heterocycles. The average Bonchev–Trinajstić information content (AvgIpc) is 2.67. The molecule has 0 bridgehead atoms. The summed E-state index contributed by atoms with van der Waals surface area (Å²) in [6.45, 7) is 0. The van der Waals surface area contributed by atoms with Crippen LogP contribution in [0.25, 0.3) is 10.8 Å². The Morgan fingerprint density at radius 2 is 1.27 bits per heavy atom. The molecule has 0 amide bonds. The molecule has 26 heavy (non-hydrogen) atoms. The molecule has 0 saturated heterocycles. The average molecular weight is 354 g/mol. The molecule has 4 nitrogen and oxygen atoms in total. The molecule has 2 aromatic rings. The summed E-state index contributed by atoms with van der Waals surface area (Å²) in [4.78, 5) is 22.0. The standard InChI is InChI=1S/C12H8O4.C10H18/c13-11(14)9-6-5-7-3-1-2-4-8(7)10(9)12(15)16;1-2-6-10-8-4-3-7-9(10)5-1/h1-6H,(H,13,14)(H,15,16);9-10H,1-8H2. The molecule has 0 spiro atoms. The lowest BCUT2D eigenvalue weighted by molar-refractivity contribution is 0.0653. The van der Waals surface area contributed by atoms with Crippen LogP contribution in [0.15, 0.2) is 36.4 Å². The smallest absolute Gasteiger partial charge is 0.337 e. The van der Waals surface area contributed by atoms with Crippen molar-refractivity contribution in [3.05, 3.63) is 47.5 Å². The molecule has 2 fully saturated rings. The summed E-state index contributed by atoms with van der Waals surface area (Å²) < 4.78 is 0. The SMILES string of the molecule is C1CCC2CCCCC2C1.O=C(O)c1ccc2ccccc2c1C(=O)O. The maximum atomic E-state index is 11.1. The van der Waals surface area contributed by atoms with Gasteiger partial charge in [-0.3, -0.25) is 0 Å². The Labute approximate surface area is 153 Å². The van der Waals surface area contributed by atoms with Gasteiger partial charge in [0.25, 0.3) is 0 Å². The Kier molecular flexibility index (Phi) is 5.92. The lowest BCUT2D eigenvalue weighted by Gasteiger charge is -2.35. The highest BCUT2D eigenvalue weighted by atomic mass is 16.4. The Morgan fingerprint density at radius 3 is 1.77 bits per heavy atom. The third-order valence-corrected chi connectivity index (χ3v) is 5.84. The minimum atomic E-state index is -1.23. The van der Waals surface area contributed by atoms with E-state index in [0.29, 0.717) is 10.8 Å². The quantitative estimate of drug-likeness (QED) is 0.736. The first-order valence-corrected chi connectivity index (χ1v) is 9.56. The number of carboxylic acids is 2. The number of benzene rings is 2. The minimum absolute atomic E-state index is 0.161. The zero-order valence-corrected chi connectivity index (χ0v) is 15.0. The van der Waals surface area contributed by atoms with Gasteiger partial charge in [-0.2, -0.15) is 0 Å². The molecule has 4 heteroatoms. The fourth-order valence-corrected chi connectivity index (χ4v) is 4.54. The monoisotopic (exact) mass is 354 g/mol. The normalized spacial score (nSPS) is 22.0. The van der Waals surface area contributed by atoms with Crippen LogP contribution >= 0.6 is 0 Å². The van der Waals surface area contributed by atoms with E-state index in [9.17, 15) is 9.59 Å². The number of rotatable bonds is 2. The molecule has 0 heterocycles. The second-order valence-corrected chi connectivity index (χ2v) is 7.41. The Morgan fingerprint density at radius 1 is 0.731 bits per heavy atom. The van der Waals surface area contributed by atoms with Crippen molar-refractivity contribution in [2.75, 3.05) is 0 Å². The summed E-state index contributed by atoms with van der Waals surface area (Å²) in [6, 6.07) is 9.72. The van der Waals surface area contributed by atoms with Crippen molar-refractivity contribution in [2.24, 2.45) is 11.8 Å². The summed E-state index contributed by atoms with van der Waals surface area (Å²) in [5.74, 6) is -0.151. The highest BCUT2D eigenvalue weighted by Crippen LogP contribution is 2.40. The van der Waals surface area contributed by atoms with E-state index in [0.717, 1.165) is 11.8 Å². The first-order chi connectivity index (χ1) is 12.6. The van der Waals surface area contributed by atoms with Gasteiger partial charge in [0.15, 0.2) is 0 Å². The molecule has 2 aliphatic rings. The predicted molar refractivity (Wildman–Crippen MR) is 102 cm³/mol. The van der Waals surface area contributed by atoms with Crippen molar-refractivity contribution in [2.45, 2.75) is 51.4 Å². The summed E-state index contributed by atoms with van der Waals surface area (Å²) >= 11 is 0. The Bertz CT molecular complexity index is 770. The molecule has 138 valence electrons. The van der Waals surface area contributed by atoms with Gasteiger partial charge in [0.1, 0.15) is 0 Å². The van der Waals surface area contributed by atoms with Gasteiger partial charge in [-0.25, -0.2) is 9.59 Å². The van der Waals surface area contributed by atoms with Crippen molar-refractivity contribution in [1.29, 1.82) is 0 Å². The van der Waals surface area contributed by atoms with E-state index < -0.39 is 11.9 Å². The van der Waals surface area contributed by atoms with Crippen molar-refractivity contribution in [1.82, 2.24) is 0 Å². The first-order valence-electron chi connectivity index (χ1n) is 9.56. The maximum absolute atomic E-state index is 11.1. The van der Waals surface area contributed by atoms with Gasteiger partial charge in [0, 0.05) is 0 Å².